The Kier molecular flexibility index (Phi) is 3.29. The van der Waals surface area contributed by atoms with Gasteiger partial charge in [-0.05, 0) is 26.0 Å². The summed E-state index contributed by atoms with van der Waals surface area (Å²) in [5.74, 6) is -0.437. The van der Waals surface area contributed by atoms with Crippen molar-refractivity contribution in [2.24, 2.45) is 0 Å². The second-order valence-corrected chi connectivity index (χ2v) is 4.10. The minimum atomic E-state index is -0.437. The van der Waals surface area contributed by atoms with Crippen molar-refractivity contribution in [2.75, 3.05) is 6.61 Å². The Morgan fingerprint density at radius 2 is 2.24 bits per heavy atom. The number of hydrogen-bond acceptors (Lipinski definition) is 3. The molecular weight excluding hydrogens is 238 g/mol. The molecule has 17 heavy (non-hydrogen) atoms. The van der Waals surface area contributed by atoms with E-state index in [0.29, 0.717) is 17.2 Å². The van der Waals surface area contributed by atoms with Crippen LogP contribution in [0.25, 0.3) is 10.9 Å². The Labute approximate surface area is 104 Å². The van der Waals surface area contributed by atoms with E-state index in [1.54, 1.807) is 6.92 Å². The highest BCUT2D eigenvalue weighted by Gasteiger charge is 2.14. The molecule has 0 amide bonds. The maximum absolute atomic E-state index is 11.6. The first kappa shape index (κ1) is 11.9. The Bertz CT molecular complexity index is 581. The zero-order valence-corrected chi connectivity index (χ0v) is 10.4. The number of hydrogen-bond donors (Lipinski definition) is 0. The molecule has 0 spiro atoms. The summed E-state index contributed by atoms with van der Waals surface area (Å²) in [4.78, 5) is 15.8. The molecule has 0 atom stereocenters. The summed E-state index contributed by atoms with van der Waals surface area (Å²) < 4.78 is 4.92. The highest BCUT2D eigenvalue weighted by atomic mass is 35.5. The Morgan fingerprint density at radius 1 is 1.47 bits per heavy atom. The number of aryl methyl sites for hydroxylation is 1. The van der Waals surface area contributed by atoms with E-state index in [0.717, 1.165) is 16.5 Å². The average Bonchev–Trinajstić information content (AvgIpc) is 2.30. The second kappa shape index (κ2) is 4.72. The van der Waals surface area contributed by atoms with E-state index in [1.807, 2.05) is 25.1 Å². The van der Waals surface area contributed by atoms with Crippen LogP contribution in [0.2, 0.25) is 5.02 Å². The first-order valence-corrected chi connectivity index (χ1v) is 5.73. The quantitative estimate of drug-likeness (QED) is 0.766. The van der Waals surface area contributed by atoms with E-state index in [2.05, 4.69) is 4.98 Å². The summed E-state index contributed by atoms with van der Waals surface area (Å²) >= 11 is 6.20. The van der Waals surface area contributed by atoms with Crippen LogP contribution >= 0.6 is 11.6 Å². The lowest BCUT2D eigenvalue weighted by Gasteiger charge is -2.07. The van der Waals surface area contributed by atoms with Crippen molar-refractivity contribution in [3.63, 3.8) is 0 Å². The summed E-state index contributed by atoms with van der Waals surface area (Å²) in [5, 5.41) is 1.18. The van der Waals surface area contributed by atoms with Crippen molar-refractivity contribution in [1.82, 2.24) is 4.98 Å². The van der Waals surface area contributed by atoms with Gasteiger partial charge in [0.2, 0.25) is 0 Å². The van der Waals surface area contributed by atoms with Gasteiger partial charge in [0.25, 0.3) is 0 Å². The second-order valence-electron chi connectivity index (χ2n) is 3.73. The first-order valence-electron chi connectivity index (χ1n) is 5.35. The average molecular weight is 250 g/mol. The van der Waals surface area contributed by atoms with Crippen molar-refractivity contribution in [1.29, 1.82) is 0 Å². The zero-order valence-electron chi connectivity index (χ0n) is 9.66. The fourth-order valence-electron chi connectivity index (χ4n) is 1.63. The molecule has 0 saturated heterocycles. The van der Waals surface area contributed by atoms with Crippen molar-refractivity contribution in [2.45, 2.75) is 13.8 Å². The molecule has 0 saturated carbocycles. The summed E-state index contributed by atoms with van der Waals surface area (Å²) in [5.41, 5.74) is 2.16. The number of ether oxygens (including phenoxy) is 1. The van der Waals surface area contributed by atoms with E-state index in [4.69, 9.17) is 16.3 Å². The van der Waals surface area contributed by atoms with Crippen molar-refractivity contribution < 1.29 is 9.53 Å². The number of fused-ring (bicyclic) bond motifs is 1. The molecule has 0 unspecified atom stereocenters. The first-order chi connectivity index (χ1) is 8.13. The highest BCUT2D eigenvalue weighted by Crippen LogP contribution is 2.26. The predicted octanol–water partition coefficient (Wildman–Crippen LogP) is 3.37. The molecule has 2 rings (SSSR count). The molecule has 2 aromatic rings. The molecule has 88 valence electrons. The van der Waals surface area contributed by atoms with Gasteiger partial charge in [-0.1, -0.05) is 23.2 Å². The topological polar surface area (TPSA) is 39.2 Å². The van der Waals surface area contributed by atoms with Crippen LogP contribution in [0.5, 0.6) is 0 Å². The molecule has 1 heterocycles. The lowest BCUT2D eigenvalue weighted by atomic mass is 10.1. The van der Waals surface area contributed by atoms with Gasteiger partial charge in [-0.15, -0.1) is 0 Å². The molecule has 4 heteroatoms. The van der Waals surface area contributed by atoms with Crippen LogP contribution in [0.3, 0.4) is 0 Å². The minimum absolute atomic E-state index is 0.312. The number of rotatable bonds is 2. The number of aromatic nitrogens is 1. The predicted molar refractivity (Wildman–Crippen MR) is 67.4 cm³/mol. The smallest absolute Gasteiger partial charge is 0.341 e. The standard InChI is InChI=1S/C13H12ClNO2/c1-3-17-13(16)10-7-15-11-5-4-8(2)6-9(11)12(10)14/h4-7H,3H2,1-2H3. The Morgan fingerprint density at radius 3 is 2.94 bits per heavy atom. The van der Waals surface area contributed by atoms with E-state index in [9.17, 15) is 4.79 Å². The van der Waals surface area contributed by atoms with Gasteiger partial charge < -0.3 is 4.74 Å². The SMILES string of the molecule is CCOC(=O)c1cnc2ccc(C)cc2c1Cl. The van der Waals surface area contributed by atoms with Crippen LogP contribution < -0.4 is 0 Å². The summed E-state index contributed by atoms with van der Waals surface area (Å²) in [7, 11) is 0. The van der Waals surface area contributed by atoms with Gasteiger partial charge in [-0.3, -0.25) is 4.98 Å². The highest BCUT2D eigenvalue weighted by molar-refractivity contribution is 6.38. The Hall–Kier alpha value is -1.61. The van der Waals surface area contributed by atoms with Gasteiger partial charge in [-0.25, -0.2) is 4.79 Å². The number of pyridine rings is 1. The molecule has 0 N–H and O–H groups in total. The van der Waals surface area contributed by atoms with Crippen molar-refractivity contribution >= 4 is 28.5 Å². The van der Waals surface area contributed by atoms with Crippen molar-refractivity contribution in [3.05, 3.63) is 40.5 Å². The zero-order chi connectivity index (χ0) is 12.4. The Balaban J connectivity index is 2.60. The molecule has 1 aromatic carbocycles. The lowest BCUT2D eigenvalue weighted by molar-refractivity contribution is 0.0526. The number of carbonyl (C=O) groups is 1. The van der Waals surface area contributed by atoms with Crippen LogP contribution in [0.1, 0.15) is 22.8 Å². The van der Waals surface area contributed by atoms with Crippen LogP contribution in [-0.4, -0.2) is 17.6 Å². The number of carbonyl (C=O) groups excluding carboxylic acids is 1. The van der Waals surface area contributed by atoms with E-state index < -0.39 is 5.97 Å². The number of nitrogens with zero attached hydrogens (tertiary/aromatic N) is 1. The van der Waals surface area contributed by atoms with Gasteiger partial charge in [-0.2, -0.15) is 0 Å². The van der Waals surface area contributed by atoms with Crippen LogP contribution in [-0.2, 0) is 4.74 Å². The maximum Gasteiger partial charge on any atom is 0.341 e. The maximum atomic E-state index is 11.6. The number of benzene rings is 1. The number of halogens is 1. The third-order valence-corrected chi connectivity index (χ3v) is 2.86. The molecule has 3 nitrogen and oxygen atoms in total. The van der Waals surface area contributed by atoms with E-state index in [-0.39, 0.29) is 0 Å². The van der Waals surface area contributed by atoms with Crippen molar-refractivity contribution in [3.8, 4) is 0 Å². The fourth-order valence-corrected chi connectivity index (χ4v) is 1.90. The van der Waals surface area contributed by atoms with Crippen LogP contribution in [0.15, 0.2) is 24.4 Å². The fraction of sp³-hybridized carbons (Fsp3) is 0.231. The summed E-state index contributed by atoms with van der Waals surface area (Å²) in [6, 6.07) is 5.74. The third kappa shape index (κ3) is 2.24. The van der Waals surface area contributed by atoms with Gasteiger partial charge in [0, 0.05) is 11.6 Å². The molecule has 0 radical (unpaired) electrons. The molecule has 0 aliphatic rings. The van der Waals surface area contributed by atoms with Gasteiger partial charge in [0.15, 0.2) is 0 Å². The lowest BCUT2D eigenvalue weighted by Crippen LogP contribution is -2.06. The van der Waals surface area contributed by atoms with E-state index in [1.165, 1.54) is 6.20 Å². The molecule has 1 aromatic heterocycles. The number of esters is 1. The molecule has 0 aliphatic heterocycles. The van der Waals surface area contributed by atoms with Crippen LogP contribution in [0.4, 0.5) is 0 Å². The van der Waals surface area contributed by atoms with E-state index >= 15 is 0 Å². The largest absolute Gasteiger partial charge is 0.462 e. The molecular formula is C13H12ClNO2. The molecule has 0 aliphatic carbocycles. The third-order valence-electron chi connectivity index (χ3n) is 2.45. The van der Waals surface area contributed by atoms with Gasteiger partial charge in [0.1, 0.15) is 0 Å². The van der Waals surface area contributed by atoms with Gasteiger partial charge in [0.05, 0.1) is 22.7 Å². The van der Waals surface area contributed by atoms with Crippen LogP contribution in [0, 0.1) is 6.92 Å². The summed E-state index contributed by atoms with van der Waals surface area (Å²) in [6.45, 7) is 4.04. The molecule has 0 fully saturated rings. The summed E-state index contributed by atoms with van der Waals surface area (Å²) in [6.07, 6.45) is 1.46. The monoisotopic (exact) mass is 249 g/mol. The van der Waals surface area contributed by atoms with Gasteiger partial charge >= 0.3 is 5.97 Å². The minimum Gasteiger partial charge on any atom is -0.462 e. The normalized spacial score (nSPS) is 10.5. The molecule has 0 bridgehead atoms.